The number of nitrogens with one attached hydrogen (secondary N) is 1. The molecule has 0 saturated carbocycles. The van der Waals surface area contributed by atoms with Gasteiger partial charge in [0.05, 0.1) is 12.2 Å². The molecule has 0 fully saturated rings. The predicted octanol–water partition coefficient (Wildman–Crippen LogP) is 2.46. The Hall–Kier alpha value is -1.86. The molecule has 7 heteroatoms. The second kappa shape index (κ2) is 5.26. The van der Waals surface area contributed by atoms with E-state index in [0.717, 1.165) is 33.3 Å². The van der Waals surface area contributed by atoms with E-state index >= 15 is 0 Å². The van der Waals surface area contributed by atoms with Gasteiger partial charge in [0.2, 0.25) is 0 Å². The number of furan rings is 1. The Morgan fingerprint density at radius 3 is 2.90 bits per heavy atom. The highest BCUT2D eigenvalue weighted by Crippen LogP contribution is 2.19. The van der Waals surface area contributed by atoms with Crippen LogP contribution >= 0.6 is 15.9 Å². The summed E-state index contributed by atoms with van der Waals surface area (Å²) in [6.45, 7) is 2.88. The average molecular weight is 336 g/mol. The quantitative estimate of drug-likeness (QED) is 0.765. The van der Waals surface area contributed by atoms with Gasteiger partial charge in [0, 0.05) is 6.54 Å². The van der Waals surface area contributed by atoms with Crippen molar-refractivity contribution in [3.63, 3.8) is 0 Å². The van der Waals surface area contributed by atoms with Crippen LogP contribution in [0.3, 0.4) is 0 Å². The number of nitrogens with zero attached hydrogens (tertiary/aromatic N) is 3. The topological polar surface area (TPSA) is 81.4 Å². The molecule has 0 aromatic carbocycles. The van der Waals surface area contributed by atoms with Crippen molar-refractivity contribution in [2.24, 2.45) is 5.73 Å². The van der Waals surface area contributed by atoms with Gasteiger partial charge in [-0.3, -0.25) is 0 Å². The molecule has 3 aromatic heterocycles. The zero-order valence-corrected chi connectivity index (χ0v) is 12.5. The van der Waals surface area contributed by atoms with Gasteiger partial charge < -0.3 is 15.5 Å². The number of fused-ring (bicyclic) bond motifs is 1. The molecule has 0 atom stereocenters. The molecule has 104 valence electrons. The number of nitrogens with two attached hydrogens (primary N) is 1. The molecule has 0 amide bonds. The van der Waals surface area contributed by atoms with Crippen molar-refractivity contribution in [2.45, 2.75) is 20.0 Å². The molecule has 0 saturated heterocycles. The molecule has 20 heavy (non-hydrogen) atoms. The second-order valence-corrected chi connectivity index (χ2v) is 5.16. The van der Waals surface area contributed by atoms with E-state index in [0.29, 0.717) is 13.1 Å². The molecule has 3 rings (SSSR count). The summed E-state index contributed by atoms with van der Waals surface area (Å²) in [4.78, 5) is 4.38. The number of hydrogen-bond donors (Lipinski definition) is 2. The summed E-state index contributed by atoms with van der Waals surface area (Å²) in [5, 5.41) is 7.68. The second-order valence-electron chi connectivity index (χ2n) is 4.41. The monoisotopic (exact) mass is 335 g/mol. The van der Waals surface area contributed by atoms with Crippen LogP contribution < -0.4 is 11.1 Å². The van der Waals surface area contributed by atoms with E-state index in [1.54, 1.807) is 4.52 Å². The summed E-state index contributed by atoms with van der Waals surface area (Å²) in [6, 6.07) is 7.66. The number of anilines is 1. The van der Waals surface area contributed by atoms with Crippen molar-refractivity contribution in [2.75, 3.05) is 5.32 Å². The molecular formula is C13H14BrN5O. The minimum atomic E-state index is 0.373. The van der Waals surface area contributed by atoms with E-state index in [2.05, 4.69) is 31.3 Å². The van der Waals surface area contributed by atoms with Crippen LogP contribution in [0.25, 0.3) is 5.65 Å². The number of hydrogen-bond acceptors (Lipinski definition) is 5. The first kappa shape index (κ1) is 13.1. The number of imidazole rings is 1. The molecule has 0 aliphatic carbocycles. The zero-order chi connectivity index (χ0) is 14.1. The normalized spacial score (nSPS) is 11.2. The van der Waals surface area contributed by atoms with E-state index in [-0.39, 0.29) is 0 Å². The maximum absolute atomic E-state index is 5.63. The van der Waals surface area contributed by atoms with Crippen molar-refractivity contribution < 1.29 is 4.42 Å². The maximum Gasteiger partial charge on any atom is 0.155 e. The van der Waals surface area contributed by atoms with Crippen molar-refractivity contribution in [1.82, 2.24) is 14.6 Å². The van der Waals surface area contributed by atoms with Crippen LogP contribution in [-0.2, 0) is 13.1 Å². The largest absolute Gasteiger partial charge is 0.465 e. The van der Waals surface area contributed by atoms with Crippen LogP contribution in [0.5, 0.6) is 0 Å². The summed E-state index contributed by atoms with van der Waals surface area (Å²) in [5.41, 5.74) is 7.18. The lowest BCUT2D eigenvalue weighted by Crippen LogP contribution is -2.03. The average Bonchev–Trinajstić information content (AvgIpc) is 3.01. The Bertz CT molecular complexity index is 748. The van der Waals surface area contributed by atoms with Gasteiger partial charge in [-0.25, -0.2) is 9.50 Å². The third-order valence-electron chi connectivity index (χ3n) is 2.92. The van der Waals surface area contributed by atoms with Crippen LogP contribution in [0.4, 0.5) is 5.82 Å². The molecule has 0 aliphatic rings. The SMILES string of the molecule is Cc1ccc(CNc2ccc3nc(CN)c(Br)n3n2)o1. The van der Waals surface area contributed by atoms with Gasteiger partial charge in [0.15, 0.2) is 5.65 Å². The summed E-state index contributed by atoms with van der Waals surface area (Å²) in [5.74, 6) is 2.51. The van der Waals surface area contributed by atoms with Crippen molar-refractivity contribution in [3.8, 4) is 0 Å². The van der Waals surface area contributed by atoms with E-state index < -0.39 is 0 Å². The summed E-state index contributed by atoms with van der Waals surface area (Å²) in [6.07, 6.45) is 0. The highest BCUT2D eigenvalue weighted by atomic mass is 79.9. The lowest BCUT2D eigenvalue weighted by molar-refractivity contribution is 0.490. The third-order valence-corrected chi connectivity index (χ3v) is 3.72. The first-order valence-electron chi connectivity index (χ1n) is 6.21. The highest BCUT2D eigenvalue weighted by Gasteiger charge is 2.10. The Labute approximate surface area is 124 Å². The van der Waals surface area contributed by atoms with Gasteiger partial charge in [-0.15, -0.1) is 5.10 Å². The minimum Gasteiger partial charge on any atom is -0.465 e. The Kier molecular flexibility index (Phi) is 3.45. The third kappa shape index (κ3) is 2.41. The number of aromatic nitrogens is 3. The molecular weight excluding hydrogens is 322 g/mol. The van der Waals surface area contributed by atoms with E-state index in [4.69, 9.17) is 10.2 Å². The zero-order valence-electron chi connectivity index (χ0n) is 10.9. The standard InChI is InChI=1S/C13H14BrN5O/c1-8-2-3-9(20-8)7-16-11-4-5-12-17-10(6-15)13(14)19(12)18-11/h2-5H,6-7,15H2,1H3,(H,16,18). The summed E-state index contributed by atoms with van der Waals surface area (Å²) in [7, 11) is 0. The lowest BCUT2D eigenvalue weighted by Gasteiger charge is -2.04. The molecule has 0 unspecified atom stereocenters. The van der Waals surface area contributed by atoms with Gasteiger partial charge in [-0.1, -0.05) is 0 Å². The van der Waals surface area contributed by atoms with E-state index in [1.165, 1.54) is 0 Å². The maximum atomic E-state index is 5.63. The molecule has 0 aliphatic heterocycles. The molecule has 0 bridgehead atoms. The first-order chi connectivity index (χ1) is 9.67. The van der Waals surface area contributed by atoms with Crippen LogP contribution in [-0.4, -0.2) is 14.6 Å². The van der Waals surface area contributed by atoms with Crippen molar-refractivity contribution in [3.05, 3.63) is 46.1 Å². The van der Waals surface area contributed by atoms with Gasteiger partial charge in [-0.2, -0.15) is 0 Å². The first-order valence-corrected chi connectivity index (χ1v) is 7.00. The smallest absolute Gasteiger partial charge is 0.155 e. The van der Waals surface area contributed by atoms with Gasteiger partial charge >= 0.3 is 0 Å². The van der Waals surface area contributed by atoms with Crippen molar-refractivity contribution in [1.29, 1.82) is 0 Å². The van der Waals surface area contributed by atoms with Gasteiger partial charge in [-0.05, 0) is 47.1 Å². The fraction of sp³-hybridized carbons (Fsp3) is 0.231. The fourth-order valence-electron chi connectivity index (χ4n) is 1.93. The van der Waals surface area contributed by atoms with E-state index in [9.17, 15) is 0 Å². The van der Waals surface area contributed by atoms with E-state index in [1.807, 2.05) is 31.2 Å². The molecule has 3 N–H and O–H groups in total. The summed E-state index contributed by atoms with van der Waals surface area (Å²) < 4.78 is 8.01. The fourth-order valence-corrected chi connectivity index (χ4v) is 2.45. The number of aryl methyl sites for hydroxylation is 1. The molecule has 0 spiro atoms. The lowest BCUT2D eigenvalue weighted by atomic mass is 10.4. The molecule has 3 heterocycles. The Morgan fingerprint density at radius 2 is 2.20 bits per heavy atom. The minimum absolute atomic E-state index is 0.373. The molecule has 6 nitrogen and oxygen atoms in total. The van der Waals surface area contributed by atoms with Crippen LogP contribution in [0, 0.1) is 6.92 Å². The summed E-state index contributed by atoms with van der Waals surface area (Å²) >= 11 is 3.46. The number of halogens is 1. The van der Waals surface area contributed by atoms with Gasteiger partial charge in [0.25, 0.3) is 0 Å². The van der Waals surface area contributed by atoms with Crippen LogP contribution in [0.2, 0.25) is 0 Å². The van der Waals surface area contributed by atoms with Gasteiger partial charge in [0.1, 0.15) is 21.9 Å². The molecule has 0 radical (unpaired) electrons. The van der Waals surface area contributed by atoms with Crippen molar-refractivity contribution >= 4 is 27.4 Å². The Balaban J connectivity index is 1.83. The van der Waals surface area contributed by atoms with Crippen LogP contribution in [0.15, 0.2) is 33.3 Å². The highest BCUT2D eigenvalue weighted by molar-refractivity contribution is 9.10. The van der Waals surface area contributed by atoms with Crippen LogP contribution in [0.1, 0.15) is 17.2 Å². The molecule has 3 aromatic rings. The number of rotatable bonds is 4. The Morgan fingerprint density at radius 1 is 1.35 bits per heavy atom. The predicted molar refractivity (Wildman–Crippen MR) is 79.4 cm³/mol.